The average molecular weight is 313 g/mol. The molecule has 0 aliphatic heterocycles. The molecule has 1 aromatic heterocycles. The van der Waals surface area contributed by atoms with E-state index in [1.165, 1.54) is 6.07 Å². The van der Waals surface area contributed by atoms with Crippen molar-refractivity contribution in [2.24, 2.45) is 5.41 Å². The van der Waals surface area contributed by atoms with Crippen molar-refractivity contribution in [3.05, 3.63) is 23.0 Å². The third-order valence-electron chi connectivity index (χ3n) is 2.51. The maximum atomic E-state index is 12.0. The number of esters is 1. The normalized spacial score (nSPS) is 10.9. The first-order valence-corrected chi connectivity index (χ1v) is 6.73. The van der Waals surface area contributed by atoms with Crippen LogP contribution in [0.25, 0.3) is 0 Å². The molecule has 21 heavy (non-hydrogen) atoms. The number of hydrogen-bond donors (Lipinski definition) is 1. The number of halogens is 1. The minimum absolute atomic E-state index is 0.0598. The minimum Gasteiger partial charge on any atom is -0.460 e. The lowest BCUT2D eigenvalue weighted by atomic mass is 9.95. The van der Waals surface area contributed by atoms with Crippen LogP contribution in [0.15, 0.2) is 12.3 Å². The van der Waals surface area contributed by atoms with E-state index in [0.29, 0.717) is 0 Å². The van der Waals surface area contributed by atoms with Gasteiger partial charge < -0.3 is 10.1 Å². The molecule has 7 heteroatoms. The van der Waals surface area contributed by atoms with E-state index in [9.17, 15) is 14.4 Å². The SMILES string of the molecule is CCOC(=O)C(=O)c1cnc(Cl)cc1NC(=O)C(C)(C)C. The zero-order valence-electron chi connectivity index (χ0n) is 12.3. The van der Waals surface area contributed by atoms with Gasteiger partial charge in [0.25, 0.3) is 5.78 Å². The molecule has 1 rings (SSSR count). The summed E-state index contributed by atoms with van der Waals surface area (Å²) in [7, 11) is 0. The number of aromatic nitrogens is 1. The molecule has 0 saturated carbocycles. The molecule has 0 atom stereocenters. The van der Waals surface area contributed by atoms with Gasteiger partial charge in [-0.1, -0.05) is 32.4 Å². The standard InChI is InChI=1S/C14H17ClN2O4/c1-5-21-12(19)11(18)8-7-16-10(15)6-9(8)17-13(20)14(2,3)4/h6-7H,5H2,1-4H3,(H,16,17,20). The van der Waals surface area contributed by atoms with Crippen molar-refractivity contribution in [1.29, 1.82) is 0 Å². The molecule has 0 aromatic carbocycles. The lowest BCUT2D eigenvalue weighted by Crippen LogP contribution is -2.29. The van der Waals surface area contributed by atoms with Crippen molar-refractivity contribution in [2.45, 2.75) is 27.7 Å². The summed E-state index contributed by atoms with van der Waals surface area (Å²) in [5.74, 6) is -2.21. The predicted octanol–water partition coefficient (Wildman–Crippen LogP) is 2.47. The molecular formula is C14H17ClN2O4. The number of ketones is 1. The van der Waals surface area contributed by atoms with Gasteiger partial charge in [0.2, 0.25) is 5.91 Å². The van der Waals surface area contributed by atoms with Crippen molar-refractivity contribution in [1.82, 2.24) is 4.98 Å². The van der Waals surface area contributed by atoms with Crippen molar-refractivity contribution in [3.63, 3.8) is 0 Å². The second kappa shape index (κ2) is 6.67. The molecule has 0 unspecified atom stereocenters. The van der Waals surface area contributed by atoms with Gasteiger partial charge in [-0.15, -0.1) is 0 Å². The van der Waals surface area contributed by atoms with E-state index in [2.05, 4.69) is 15.0 Å². The average Bonchev–Trinajstić information content (AvgIpc) is 2.37. The van der Waals surface area contributed by atoms with Crippen LogP contribution in [0.1, 0.15) is 38.1 Å². The zero-order valence-corrected chi connectivity index (χ0v) is 13.1. The number of nitrogens with zero attached hydrogens (tertiary/aromatic N) is 1. The third kappa shape index (κ3) is 4.53. The van der Waals surface area contributed by atoms with E-state index in [0.717, 1.165) is 6.20 Å². The summed E-state index contributed by atoms with van der Waals surface area (Å²) in [6.45, 7) is 6.83. The number of ether oxygens (including phenoxy) is 1. The fourth-order valence-electron chi connectivity index (χ4n) is 1.33. The highest BCUT2D eigenvalue weighted by Crippen LogP contribution is 2.23. The zero-order chi connectivity index (χ0) is 16.2. The Morgan fingerprint density at radius 1 is 1.33 bits per heavy atom. The second-order valence-corrected chi connectivity index (χ2v) is 5.69. The Hall–Kier alpha value is -1.95. The van der Waals surface area contributed by atoms with Gasteiger partial charge in [0.15, 0.2) is 0 Å². The fraction of sp³-hybridized carbons (Fsp3) is 0.429. The van der Waals surface area contributed by atoms with Gasteiger partial charge in [-0.3, -0.25) is 9.59 Å². The highest BCUT2D eigenvalue weighted by molar-refractivity contribution is 6.42. The maximum absolute atomic E-state index is 12.0. The first kappa shape index (κ1) is 17.1. The molecule has 1 aromatic rings. The number of hydrogen-bond acceptors (Lipinski definition) is 5. The first-order chi connectivity index (χ1) is 9.66. The van der Waals surface area contributed by atoms with E-state index < -0.39 is 17.2 Å². The minimum atomic E-state index is -1.01. The van der Waals surface area contributed by atoms with E-state index in [1.54, 1.807) is 27.7 Å². The number of carbonyl (C=O) groups is 3. The predicted molar refractivity (Wildman–Crippen MR) is 78.3 cm³/mol. The van der Waals surface area contributed by atoms with E-state index in [4.69, 9.17) is 11.6 Å². The Labute approximate surface area is 127 Å². The number of carbonyl (C=O) groups excluding carboxylic acids is 3. The summed E-state index contributed by atoms with van der Waals surface area (Å²) in [6.07, 6.45) is 1.14. The van der Waals surface area contributed by atoms with Crippen LogP contribution < -0.4 is 5.32 Å². The Bertz CT molecular complexity index is 579. The Balaban J connectivity index is 3.14. The van der Waals surface area contributed by atoms with Crippen LogP contribution in [-0.2, 0) is 14.3 Å². The molecular weight excluding hydrogens is 296 g/mol. The molecule has 1 heterocycles. The molecule has 0 fully saturated rings. The van der Waals surface area contributed by atoms with E-state index >= 15 is 0 Å². The Morgan fingerprint density at radius 2 is 1.95 bits per heavy atom. The molecule has 0 aliphatic rings. The van der Waals surface area contributed by atoms with Gasteiger partial charge in [-0.05, 0) is 13.0 Å². The third-order valence-corrected chi connectivity index (χ3v) is 2.71. The van der Waals surface area contributed by atoms with Gasteiger partial charge in [0.05, 0.1) is 17.9 Å². The quantitative estimate of drug-likeness (QED) is 0.399. The highest BCUT2D eigenvalue weighted by atomic mass is 35.5. The molecule has 0 spiro atoms. The summed E-state index contributed by atoms with van der Waals surface area (Å²) in [6, 6.07) is 1.32. The largest absolute Gasteiger partial charge is 0.460 e. The summed E-state index contributed by atoms with van der Waals surface area (Å²) >= 11 is 5.77. The number of Topliss-reactive ketones (excluding diaryl/α,β-unsaturated/α-hetero) is 1. The van der Waals surface area contributed by atoms with Crippen molar-refractivity contribution in [2.75, 3.05) is 11.9 Å². The van der Waals surface area contributed by atoms with Gasteiger partial charge in [0, 0.05) is 11.6 Å². The number of nitrogens with one attached hydrogen (secondary N) is 1. The summed E-state index contributed by atoms with van der Waals surface area (Å²) < 4.78 is 4.65. The summed E-state index contributed by atoms with van der Waals surface area (Å²) in [5.41, 5.74) is -0.594. The van der Waals surface area contributed by atoms with Gasteiger partial charge in [-0.25, -0.2) is 9.78 Å². The lowest BCUT2D eigenvalue weighted by molar-refractivity contribution is -0.137. The van der Waals surface area contributed by atoms with Crippen LogP contribution in [0.2, 0.25) is 5.15 Å². The summed E-state index contributed by atoms with van der Waals surface area (Å²) in [4.78, 5) is 39.3. The molecule has 0 aliphatic carbocycles. The monoisotopic (exact) mass is 312 g/mol. The first-order valence-electron chi connectivity index (χ1n) is 6.35. The number of pyridine rings is 1. The topological polar surface area (TPSA) is 85.4 Å². The lowest BCUT2D eigenvalue weighted by Gasteiger charge is -2.19. The van der Waals surface area contributed by atoms with E-state index in [-0.39, 0.29) is 28.9 Å². The Kier molecular flexibility index (Phi) is 5.43. The van der Waals surface area contributed by atoms with Crippen LogP contribution in [0.3, 0.4) is 0 Å². The Morgan fingerprint density at radius 3 is 2.48 bits per heavy atom. The molecule has 6 nitrogen and oxygen atoms in total. The van der Waals surface area contributed by atoms with Crippen LogP contribution in [-0.4, -0.2) is 29.3 Å². The van der Waals surface area contributed by atoms with Gasteiger partial charge in [-0.2, -0.15) is 0 Å². The van der Waals surface area contributed by atoms with Gasteiger partial charge in [0.1, 0.15) is 5.15 Å². The van der Waals surface area contributed by atoms with Crippen LogP contribution in [0.5, 0.6) is 0 Å². The fourth-order valence-corrected chi connectivity index (χ4v) is 1.49. The molecule has 0 bridgehead atoms. The van der Waals surface area contributed by atoms with E-state index in [1.807, 2.05) is 0 Å². The molecule has 1 amide bonds. The maximum Gasteiger partial charge on any atom is 0.379 e. The smallest absolute Gasteiger partial charge is 0.379 e. The number of rotatable bonds is 4. The molecule has 0 radical (unpaired) electrons. The van der Waals surface area contributed by atoms with Crippen molar-refractivity contribution in [3.8, 4) is 0 Å². The second-order valence-electron chi connectivity index (χ2n) is 5.31. The highest BCUT2D eigenvalue weighted by Gasteiger charge is 2.26. The number of anilines is 1. The van der Waals surface area contributed by atoms with Crippen molar-refractivity contribution >= 4 is 34.9 Å². The van der Waals surface area contributed by atoms with Gasteiger partial charge >= 0.3 is 5.97 Å². The molecule has 114 valence electrons. The van der Waals surface area contributed by atoms with Crippen molar-refractivity contribution < 1.29 is 19.1 Å². The van der Waals surface area contributed by atoms with Crippen LogP contribution in [0.4, 0.5) is 5.69 Å². The number of amides is 1. The van der Waals surface area contributed by atoms with Crippen LogP contribution in [0, 0.1) is 5.41 Å². The summed E-state index contributed by atoms with van der Waals surface area (Å²) in [5, 5.41) is 2.67. The molecule has 0 saturated heterocycles. The van der Waals surface area contributed by atoms with Crippen LogP contribution >= 0.6 is 11.6 Å². The molecule has 1 N–H and O–H groups in total.